The van der Waals surface area contributed by atoms with E-state index in [0.29, 0.717) is 5.56 Å². The fourth-order valence-corrected chi connectivity index (χ4v) is 3.39. The average molecular weight is 326 g/mol. The molecule has 0 saturated carbocycles. The molecule has 3 rings (SSSR count). The number of hydrogen-bond acceptors (Lipinski definition) is 2. The predicted molar refractivity (Wildman–Crippen MR) is 78.3 cm³/mol. The summed E-state index contributed by atoms with van der Waals surface area (Å²) < 4.78 is 3.19. The highest BCUT2D eigenvalue weighted by atomic mass is 79.9. The van der Waals surface area contributed by atoms with Gasteiger partial charge in [-0.3, -0.25) is 9.46 Å². The lowest BCUT2D eigenvalue weighted by molar-refractivity contribution is 0.100. The first-order valence-electron chi connectivity index (χ1n) is 5.69. The normalized spacial score (nSPS) is 15.9. The second-order valence-electron chi connectivity index (χ2n) is 4.51. The van der Waals surface area contributed by atoms with Crippen molar-refractivity contribution in [3.05, 3.63) is 33.4 Å². The number of aromatic amines is 1. The van der Waals surface area contributed by atoms with Gasteiger partial charge in [-0.05, 0) is 17.7 Å². The summed E-state index contributed by atoms with van der Waals surface area (Å²) in [6, 6.07) is 3.65. The van der Waals surface area contributed by atoms with Gasteiger partial charge in [0.05, 0.1) is 11.1 Å². The Morgan fingerprint density at radius 2 is 2.28 bits per heavy atom. The molecule has 1 amide bonds. The Morgan fingerprint density at radius 1 is 1.50 bits per heavy atom. The molecule has 1 aromatic heterocycles. The van der Waals surface area contributed by atoms with Crippen LogP contribution in [0.2, 0.25) is 0 Å². The van der Waals surface area contributed by atoms with E-state index in [9.17, 15) is 4.79 Å². The molecular weight excluding hydrogens is 313 g/mol. The van der Waals surface area contributed by atoms with Crippen LogP contribution in [0.25, 0.3) is 10.9 Å². The fraction of sp³-hybridized carbons (Fsp3) is 0.250. The Balaban J connectivity index is 2.34. The Kier molecular flexibility index (Phi) is 2.93. The highest BCUT2D eigenvalue weighted by molar-refractivity contribution is 9.10. The summed E-state index contributed by atoms with van der Waals surface area (Å²) in [6.07, 6.45) is 0.957. The van der Waals surface area contributed by atoms with Crippen molar-refractivity contribution in [2.75, 3.05) is 6.54 Å². The highest BCUT2D eigenvalue weighted by Gasteiger charge is 2.22. The van der Waals surface area contributed by atoms with Gasteiger partial charge in [0.25, 0.3) is 5.91 Å². The third-order valence-corrected chi connectivity index (χ3v) is 4.47. The molecule has 0 saturated heterocycles. The van der Waals surface area contributed by atoms with Crippen LogP contribution in [0.4, 0.5) is 0 Å². The van der Waals surface area contributed by atoms with Gasteiger partial charge in [0.2, 0.25) is 0 Å². The topological polar surface area (TPSA) is 62.1 Å². The molecule has 1 unspecified atom stereocenters. The van der Waals surface area contributed by atoms with Gasteiger partial charge in [0.15, 0.2) is 0 Å². The number of primary amides is 1. The summed E-state index contributed by atoms with van der Waals surface area (Å²) in [7, 11) is 2.73. The van der Waals surface area contributed by atoms with Gasteiger partial charge < -0.3 is 10.7 Å². The molecule has 2 aromatic rings. The molecule has 2 heterocycles. The van der Waals surface area contributed by atoms with Gasteiger partial charge >= 0.3 is 0 Å². The number of halogens is 1. The van der Waals surface area contributed by atoms with Crippen molar-refractivity contribution >= 4 is 42.1 Å². The van der Waals surface area contributed by atoms with Crippen LogP contribution >= 0.6 is 25.3 Å². The molecule has 6 heteroatoms. The van der Waals surface area contributed by atoms with Crippen molar-refractivity contribution < 1.29 is 4.79 Å². The van der Waals surface area contributed by atoms with Crippen LogP contribution in [0.3, 0.4) is 0 Å². The molecule has 0 bridgehead atoms. The van der Waals surface area contributed by atoms with Crippen molar-refractivity contribution in [2.24, 2.45) is 5.73 Å². The number of benzene rings is 1. The number of hydrogen-bond donors (Lipinski definition) is 2. The van der Waals surface area contributed by atoms with Gasteiger partial charge in [-0.1, -0.05) is 25.3 Å². The maximum absolute atomic E-state index is 11.5. The van der Waals surface area contributed by atoms with E-state index in [1.807, 2.05) is 6.07 Å². The quantitative estimate of drug-likeness (QED) is 0.789. The largest absolute Gasteiger partial charge is 0.366 e. The van der Waals surface area contributed by atoms with Crippen LogP contribution in [0.5, 0.6) is 0 Å². The van der Waals surface area contributed by atoms with Crippen LogP contribution in [-0.2, 0) is 13.0 Å². The van der Waals surface area contributed by atoms with Crippen molar-refractivity contribution in [3.63, 3.8) is 0 Å². The van der Waals surface area contributed by atoms with E-state index >= 15 is 0 Å². The highest BCUT2D eigenvalue weighted by Crippen LogP contribution is 2.35. The third-order valence-electron chi connectivity index (χ3n) is 3.37. The Labute approximate surface area is 115 Å². The molecule has 0 aliphatic carbocycles. The molecule has 1 aliphatic heterocycles. The maximum atomic E-state index is 11.5. The molecule has 3 N–H and O–H groups in total. The SMILES string of the molecule is NC(=O)c1ccc(Br)c2c3c([nH]c12)CCN(P)C3. The number of amides is 1. The first kappa shape index (κ1) is 12.2. The second kappa shape index (κ2) is 4.34. The lowest BCUT2D eigenvalue weighted by Crippen LogP contribution is -2.20. The summed E-state index contributed by atoms with van der Waals surface area (Å²) >= 11 is 3.56. The van der Waals surface area contributed by atoms with Crippen molar-refractivity contribution in [1.82, 2.24) is 9.65 Å². The maximum Gasteiger partial charge on any atom is 0.250 e. The summed E-state index contributed by atoms with van der Waals surface area (Å²) in [5, 5.41) is 1.08. The Hall–Kier alpha value is -0.900. The zero-order chi connectivity index (χ0) is 12.9. The number of nitrogens with zero attached hydrogens (tertiary/aromatic N) is 1. The smallest absolute Gasteiger partial charge is 0.250 e. The second-order valence-corrected chi connectivity index (χ2v) is 6.10. The number of carbonyl (C=O) groups excluding carboxylic acids is 1. The Morgan fingerprint density at radius 3 is 3.00 bits per heavy atom. The molecule has 1 aromatic carbocycles. The number of H-pyrrole nitrogens is 1. The number of rotatable bonds is 1. The van der Waals surface area contributed by atoms with Crippen molar-refractivity contribution in [1.29, 1.82) is 0 Å². The van der Waals surface area contributed by atoms with Crippen LogP contribution in [0.1, 0.15) is 21.6 Å². The molecule has 1 aliphatic rings. The van der Waals surface area contributed by atoms with Crippen LogP contribution in [-0.4, -0.2) is 22.1 Å². The molecular formula is C12H13BrN3OP. The minimum Gasteiger partial charge on any atom is -0.366 e. The van der Waals surface area contributed by atoms with E-state index in [-0.39, 0.29) is 0 Å². The lowest BCUT2D eigenvalue weighted by atomic mass is 10.0. The number of carbonyl (C=O) groups is 1. The average Bonchev–Trinajstić information content (AvgIpc) is 2.68. The monoisotopic (exact) mass is 325 g/mol. The van der Waals surface area contributed by atoms with Gasteiger partial charge in [-0.15, -0.1) is 0 Å². The number of nitrogens with one attached hydrogen (secondary N) is 1. The molecule has 18 heavy (non-hydrogen) atoms. The zero-order valence-corrected chi connectivity index (χ0v) is 12.4. The number of nitrogens with two attached hydrogens (primary N) is 1. The van der Waals surface area contributed by atoms with E-state index < -0.39 is 5.91 Å². The Bertz CT molecular complexity index is 652. The summed E-state index contributed by atoms with van der Waals surface area (Å²) in [4.78, 5) is 14.8. The van der Waals surface area contributed by atoms with E-state index in [1.165, 1.54) is 11.3 Å². The van der Waals surface area contributed by atoms with Crippen molar-refractivity contribution in [2.45, 2.75) is 13.0 Å². The van der Waals surface area contributed by atoms with Crippen LogP contribution < -0.4 is 5.73 Å². The van der Waals surface area contributed by atoms with Crippen LogP contribution in [0, 0.1) is 0 Å². The molecule has 1 atom stereocenters. The lowest BCUT2D eigenvalue weighted by Gasteiger charge is -2.22. The van der Waals surface area contributed by atoms with E-state index in [4.69, 9.17) is 5.73 Å². The van der Waals surface area contributed by atoms with Gasteiger partial charge in [-0.25, -0.2) is 0 Å². The number of aromatic nitrogens is 1. The molecule has 0 spiro atoms. The molecule has 94 valence electrons. The molecule has 4 nitrogen and oxygen atoms in total. The van der Waals surface area contributed by atoms with Crippen LogP contribution in [0.15, 0.2) is 16.6 Å². The van der Waals surface area contributed by atoms with E-state index in [1.54, 1.807) is 6.07 Å². The van der Waals surface area contributed by atoms with E-state index in [2.05, 4.69) is 35.0 Å². The standard InChI is InChI=1S/C12H13BrN3OP/c13-8-2-1-6(12(14)17)11-10(8)7-5-16(18)4-3-9(7)15-11/h1-2,15H,3-5,18H2,(H2,14,17). The summed E-state index contributed by atoms with van der Waals surface area (Å²) in [6.45, 7) is 1.86. The van der Waals surface area contributed by atoms with Gasteiger partial charge in [-0.2, -0.15) is 0 Å². The molecule has 0 radical (unpaired) electrons. The summed E-state index contributed by atoms with van der Waals surface area (Å²) in [5.41, 5.74) is 9.29. The zero-order valence-electron chi connectivity index (χ0n) is 9.66. The summed E-state index contributed by atoms with van der Waals surface area (Å²) in [5.74, 6) is -0.395. The number of fused-ring (bicyclic) bond motifs is 3. The van der Waals surface area contributed by atoms with Gasteiger partial charge in [0.1, 0.15) is 0 Å². The van der Waals surface area contributed by atoms with Gasteiger partial charge in [0, 0.05) is 35.1 Å². The predicted octanol–water partition coefficient (Wildman–Crippen LogP) is 2.18. The first-order chi connectivity index (χ1) is 8.58. The van der Waals surface area contributed by atoms with E-state index in [0.717, 1.165) is 34.9 Å². The minimum absolute atomic E-state index is 0.395. The molecule has 0 fully saturated rings. The minimum atomic E-state index is -0.395. The van der Waals surface area contributed by atoms with Crippen molar-refractivity contribution in [3.8, 4) is 0 Å². The fourth-order valence-electron chi connectivity index (χ4n) is 2.51. The third kappa shape index (κ3) is 1.78. The first-order valence-corrected chi connectivity index (χ1v) is 7.00.